The molecule has 3 rings (SSSR count). The zero-order valence-electron chi connectivity index (χ0n) is 12.5. The molecule has 0 bridgehead atoms. The van der Waals surface area contributed by atoms with Crippen LogP contribution in [0.1, 0.15) is 43.7 Å². The van der Waals surface area contributed by atoms with Crippen LogP contribution in [0.5, 0.6) is 0 Å². The molecule has 1 aromatic rings. The van der Waals surface area contributed by atoms with Crippen molar-refractivity contribution in [2.45, 2.75) is 38.1 Å². The number of nitrogens with one attached hydrogen (secondary N) is 1. The number of benzene rings is 1. The number of halogens is 2. The van der Waals surface area contributed by atoms with Crippen molar-refractivity contribution in [1.82, 2.24) is 10.2 Å². The predicted molar refractivity (Wildman–Crippen MR) is 87.9 cm³/mol. The van der Waals surface area contributed by atoms with Gasteiger partial charge in [-0.1, -0.05) is 41.3 Å². The van der Waals surface area contributed by atoms with Gasteiger partial charge in [0.1, 0.15) is 5.82 Å². The van der Waals surface area contributed by atoms with Gasteiger partial charge >= 0.3 is 0 Å². The molecule has 1 saturated heterocycles. The van der Waals surface area contributed by atoms with Gasteiger partial charge in [0.25, 0.3) is 0 Å². The van der Waals surface area contributed by atoms with E-state index in [0.29, 0.717) is 12.0 Å². The molecule has 1 aliphatic heterocycles. The fourth-order valence-corrected chi connectivity index (χ4v) is 4.49. The summed E-state index contributed by atoms with van der Waals surface area (Å²) in [4.78, 5) is 2.60. The maximum atomic E-state index is 13.4. The highest BCUT2D eigenvalue weighted by molar-refractivity contribution is 9.10. The Labute approximate surface area is 135 Å². The highest BCUT2D eigenvalue weighted by atomic mass is 79.9. The van der Waals surface area contributed by atoms with Crippen LogP contribution < -0.4 is 5.32 Å². The van der Waals surface area contributed by atoms with Crippen LogP contribution in [0.2, 0.25) is 0 Å². The summed E-state index contributed by atoms with van der Waals surface area (Å²) in [5.74, 6) is 0.548. The zero-order chi connectivity index (χ0) is 14.7. The van der Waals surface area contributed by atoms with Crippen LogP contribution in [0, 0.1) is 11.7 Å². The standard InChI is InChI=1S/C17H24BrFN2/c18-16-12-14(19)6-7-15(16)17(13-4-2-1-3-5-13)21-10-8-20-9-11-21/h6-7,12-13,17,20H,1-5,8-11H2/t17-/m1/s1. The Balaban J connectivity index is 1.89. The van der Waals surface area contributed by atoms with Crippen molar-refractivity contribution < 1.29 is 4.39 Å². The van der Waals surface area contributed by atoms with Crippen LogP contribution >= 0.6 is 15.9 Å². The average molecular weight is 355 g/mol. The molecule has 21 heavy (non-hydrogen) atoms. The lowest BCUT2D eigenvalue weighted by atomic mass is 9.80. The Morgan fingerprint density at radius 1 is 1.14 bits per heavy atom. The third kappa shape index (κ3) is 3.66. The lowest BCUT2D eigenvalue weighted by Crippen LogP contribution is -2.47. The molecule has 1 heterocycles. The predicted octanol–water partition coefficient (Wildman–Crippen LogP) is 4.11. The summed E-state index contributed by atoms with van der Waals surface area (Å²) in [7, 11) is 0. The SMILES string of the molecule is Fc1ccc([C@@H](C2CCCCC2)N2CCNCC2)c(Br)c1. The minimum Gasteiger partial charge on any atom is -0.314 e. The Hall–Kier alpha value is -0.450. The van der Waals surface area contributed by atoms with Gasteiger partial charge in [-0.3, -0.25) is 4.90 Å². The van der Waals surface area contributed by atoms with E-state index in [2.05, 4.69) is 26.1 Å². The van der Waals surface area contributed by atoms with Gasteiger partial charge in [-0.2, -0.15) is 0 Å². The van der Waals surface area contributed by atoms with Crippen molar-refractivity contribution in [3.63, 3.8) is 0 Å². The minimum atomic E-state index is -0.159. The topological polar surface area (TPSA) is 15.3 Å². The van der Waals surface area contributed by atoms with Gasteiger partial charge in [0.05, 0.1) is 0 Å². The first-order chi connectivity index (χ1) is 10.3. The molecule has 0 aromatic heterocycles. The number of piperazine rings is 1. The van der Waals surface area contributed by atoms with E-state index in [9.17, 15) is 4.39 Å². The molecule has 1 aromatic carbocycles. The maximum Gasteiger partial charge on any atom is 0.124 e. The van der Waals surface area contributed by atoms with Crippen molar-refractivity contribution in [2.24, 2.45) is 5.92 Å². The maximum absolute atomic E-state index is 13.4. The zero-order valence-corrected chi connectivity index (χ0v) is 14.0. The van der Waals surface area contributed by atoms with Crippen molar-refractivity contribution in [1.29, 1.82) is 0 Å². The molecule has 0 spiro atoms. The Bertz CT molecular complexity index is 450. The van der Waals surface area contributed by atoms with Crippen LogP contribution in [0.25, 0.3) is 0 Å². The van der Waals surface area contributed by atoms with Gasteiger partial charge in [-0.25, -0.2) is 4.39 Å². The van der Waals surface area contributed by atoms with E-state index < -0.39 is 0 Å². The third-order valence-electron chi connectivity index (χ3n) is 4.92. The van der Waals surface area contributed by atoms with Crippen LogP contribution in [0.4, 0.5) is 4.39 Å². The van der Waals surface area contributed by atoms with Crippen LogP contribution in [0.15, 0.2) is 22.7 Å². The molecule has 1 N–H and O–H groups in total. The second kappa shape index (κ2) is 7.21. The molecule has 1 atom stereocenters. The first-order valence-corrected chi connectivity index (χ1v) is 8.95. The fraction of sp³-hybridized carbons (Fsp3) is 0.647. The first kappa shape index (κ1) is 15.4. The summed E-state index contributed by atoms with van der Waals surface area (Å²) in [5.41, 5.74) is 1.27. The summed E-state index contributed by atoms with van der Waals surface area (Å²) in [6.07, 6.45) is 6.66. The lowest BCUT2D eigenvalue weighted by molar-refractivity contribution is 0.103. The Kier molecular flexibility index (Phi) is 5.30. The highest BCUT2D eigenvalue weighted by Gasteiger charge is 2.32. The van der Waals surface area contributed by atoms with E-state index in [1.54, 1.807) is 12.1 Å². The van der Waals surface area contributed by atoms with E-state index in [0.717, 1.165) is 30.7 Å². The fourth-order valence-electron chi connectivity index (χ4n) is 3.90. The van der Waals surface area contributed by atoms with Crippen molar-refractivity contribution in [3.8, 4) is 0 Å². The second-order valence-electron chi connectivity index (χ2n) is 6.29. The van der Waals surface area contributed by atoms with Crippen molar-refractivity contribution in [3.05, 3.63) is 34.1 Å². The first-order valence-electron chi connectivity index (χ1n) is 8.15. The van der Waals surface area contributed by atoms with Crippen LogP contribution in [-0.4, -0.2) is 31.1 Å². The number of rotatable bonds is 3. The monoisotopic (exact) mass is 354 g/mol. The van der Waals surface area contributed by atoms with E-state index in [1.165, 1.54) is 37.7 Å². The highest BCUT2D eigenvalue weighted by Crippen LogP contribution is 2.41. The molecular weight excluding hydrogens is 331 g/mol. The van der Waals surface area contributed by atoms with Crippen molar-refractivity contribution in [2.75, 3.05) is 26.2 Å². The summed E-state index contributed by atoms with van der Waals surface area (Å²) in [5, 5.41) is 3.43. The molecule has 1 saturated carbocycles. The molecule has 2 fully saturated rings. The van der Waals surface area contributed by atoms with Gasteiger partial charge in [0, 0.05) is 36.7 Å². The van der Waals surface area contributed by atoms with E-state index >= 15 is 0 Å². The summed E-state index contributed by atoms with van der Waals surface area (Å²) >= 11 is 3.60. The molecule has 4 heteroatoms. The molecule has 2 aliphatic rings. The smallest absolute Gasteiger partial charge is 0.124 e. The summed E-state index contributed by atoms with van der Waals surface area (Å²) in [6.45, 7) is 4.29. The van der Waals surface area contributed by atoms with E-state index in [-0.39, 0.29) is 5.82 Å². The van der Waals surface area contributed by atoms with E-state index in [4.69, 9.17) is 0 Å². The van der Waals surface area contributed by atoms with Gasteiger partial charge in [0.15, 0.2) is 0 Å². The van der Waals surface area contributed by atoms with Crippen molar-refractivity contribution >= 4 is 15.9 Å². The molecular formula is C17H24BrFN2. The molecule has 116 valence electrons. The normalized spacial score (nSPS) is 23.1. The second-order valence-corrected chi connectivity index (χ2v) is 7.15. The van der Waals surface area contributed by atoms with Crippen LogP contribution in [0.3, 0.4) is 0 Å². The average Bonchev–Trinajstić information content (AvgIpc) is 2.52. The van der Waals surface area contributed by atoms with Gasteiger partial charge in [-0.15, -0.1) is 0 Å². The summed E-state index contributed by atoms with van der Waals surface area (Å²) < 4.78 is 14.4. The molecule has 0 amide bonds. The Morgan fingerprint density at radius 2 is 1.86 bits per heavy atom. The van der Waals surface area contributed by atoms with E-state index in [1.807, 2.05) is 6.07 Å². The van der Waals surface area contributed by atoms with Gasteiger partial charge in [-0.05, 0) is 36.5 Å². The van der Waals surface area contributed by atoms with Gasteiger partial charge < -0.3 is 5.32 Å². The number of nitrogens with zero attached hydrogens (tertiary/aromatic N) is 1. The summed E-state index contributed by atoms with van der Waals surface area (Å²) in [6, 6.07) is 5.65. The quantitative estimate of drug-likeness (QED) is 0.878. The minimum absolute atomic E-state index is 0.159. The Morgan fingerprint density at radius 3 is 2.52 bits per heavy atom. The molecule has 0 unspecified atom stereocenters. The molecule has 1 aliphatic carbocycles. The largest absolute Gasteiger partial charge is 0.314 e. The van der Waals surface area contributed by atoms with Gasteiger partial charge in [0.2, 0.25) is 0 Å². The number of hydrogen-bond donors (Lipinski definition) is 1. The molecule has 2 nitrogen and oxygen atoms in total. The van der Waals surface area contributed by atoms with Crippen LogP contribution in [-0.2, 0) is 0 Å². The molecule has 0 radical (unpaired) electrons. The lowest BCUT2D eigenvalue weighted by Gasteiger charge is -2.41. The third-order valence-corrected chi connectivity index (χ3v) is 5.61. The number of hydrogen-bond acceptors (Lipinski definition) is 2.